The van der Waals surface area contributed by atoms with Crippen LogP contribution in [0.2, 0.25) is 0 Å². The molecule has 0 amide bonds. The van der Waals surface area contributed by atoms with Crippen LogP contribution in [0, 0.1) is 25.7 Å². The summed E-state index contributed by atoms with van der Waals surface area (Å²) in [7, 11) is 2.10. The number of aromatic nitrogens is 2. The highest BCUT2D eigenvalue weighted by Crippen LogP contribution is 2.39. The summed E-state index contributed by atoms with van der Waals surface area (Å²) in [4.78, 5) is 7.05. The molecule has 2 fully saturated rings. The fraction of sp³-hybridized carbons (Fsp3) is 0.480. The van der Waals surface area contributed by atoms with Crippen molar-refractivity contribution >= 4 is 10.9 Å². The average molecular weight is 406 g/mol. The molecule has 1 aliphatic heterocycles. The first-order chi connectivity index (χ1) is 14.5. The Bertz CT molecular complexity index is 1060. The van der Waals surface area contributed by atoms with Gasteiger partial charge < -0.3 is 14.4 Å². The fourth-order valence-electron chi connectivity index (χ4n) is 5.37. The van der Waals surface area contributed by atoms with Gasteiger partial charge in [0, 0.05) is 44.1 Å². The van der Waals surface area contributed by atoms with Crippen molar-refractivity contribution in [2.45, 2.75) is 45.4 Å². The van der Waals surface area contributed by atoms with Crippen LogP contribution in [0.4, 0.5) is 0 Å². The first kappa shape index (κ1) is 19.6. The van der Waals surface area contributed by atoms with Crippen LogP contribution in [-0.2, 0) is 13.6 Å². The van der Waals surface area contributed by atoms with Crippen LogP contribution in [-0.4, -0.2) is 44.9 Å². The van der Waals surface area contributed by atoms with Gasteiger partial charge in [0.15, 0.2) is 0 Å². The summed E-state index contributed by atoms with van der Waals surface area (Å²) in [6, 6.07) is 12.9. The Morgan fingerprint density at radius 3 is 2.67 bits per heavy atom. The lowest BCUT2D eigenvalue weighted by molar-refractivity contribution is -0.0236. The minimum Gasteiger partial charge on any atom is -0.486 e. The number of aliphatic hydroxyl groups excluding tert-OH is 1. The predicted molar refractivity (Wildman–Crippen MR) is 119 cm³/mol. The van der Waals surface area contributed by atoms with Gasteiger partial charge in [-0.25, -0.2) is 0 Å². The number of aryl methyl sites for hydroxylation is 3. The van der Waals surface area contributed by atoms with E-state index in [1.54, 1.807) is 0 Å². The Morgan fingerprint density at radius 2 is 1.87 bits per heavy atom. The van der Waals surface area contributed by atoms with Gasteiger partial charge in [-0.1, -0.05) is 12.1 Å². The molecular weight excluding hydrogens is 374 g/mol. The quantitative estimate of drug-likeness (QED) is 0.717. The van der Waals surface area contributed by atoms with Crippen LogP contribution >= 0.6 is 0 Å². The van der Waals surface area contributed by atoms with E-state index in [4.69, 9.17) is 4.74 Å². The number of likely N-dealkylation sites (tertiary alicyclic amines) is 1. The number of hydrogen-bond acceptors (Lipinski definition) is 4. The van der Waals surface area contributed by atoms with Gasteiger partial charge in [0.05, 0.1) is 11.8 Å². The van der Waals surface area contributed by atoms with E-state index in [1.807, 2.05) is 26.0 Å². The molecule has 5 heteroatoms. The molecule has 0 spiro atoms. The molecule has 0 bridgehead atoms. The summed E-state index contributed by atoms with van der Waals surface area (Å²) in [5.41, 5.74) is 4.53. The van der Waals surface area contributed by atoms with E-state index in [0.29, 0.717) is 11.8 Å². The molecule has 1 saturated heterocycles. The maximum absolute atomic E-state index is 10.8. The molecule has 3 aromatic rings. The number of benzene rings is 1. The maximum Gasteiger partial charge on any atom is 0.141 e. The second kappa shape index (κ2) is 7.71. The van der Waals surface area contributed by atoms with E-state index in [-0.39, 0.29) is 6.10 Å². The van der Waals surface area contributed by atoms with E-state index in [9.17, 15) is 5.11 Å². The van der Waals surface area contributed by atoms with Crippen molar-refractivity contribution in [2.24, 2.45) is 18.9 Å². The van der Waals surface area contributed by atoms with Gasteiger partial charge >= 0.3 is 0 Å². The Balaban J connectivity index is 1.25. The maximum atomic E-state index is 10.8. The van der Waals surface area contributed by atoms with E-state index >= 15 is 0 Å². The summed E-state index contributed by atoms with van der Waals surface area (Å²) in [6.45, 7) is 7.07. The zero-order chi connectivity index (χ0) is 20.8. The standard InChI is InChI=1S/C25H31N3O2/c1-16-4-7-24(17(2)26-16)30-25-12-21-15-28(14-20(21)11-23(25)29)13-18-5-6-19-8-9-27(3)22(19)10-18/h4-10,20-21,23,25,29H,11-15H2,1-3H3/t20-,21+,23+,25+/m0/s1. The van der Waals surface area contributed by atoms with Crippen molar-refractivity contribution in [3.05, 3.63) is 59.5 Å². The topological polar surface area (TPSA) is 50.5 Å². The lowest BCUT2D eigenvalue weighted by Gasteiger charge is -2.35. The molecule has 30 heavy (non-hydrogen) atoms. The molecule has 0 radical (unpaired) electrons. The number of ether oxygens (including phenoxy) is 1. The minimum atomic E-state index is -0.411. The summed E-state index contributed by atoms with van der Waals surface area (Å²) in [5, 5.41) is 12.0. The molecule has 0 unspecified atom stereocenters. The van der Waals surface area contributed by atoms with Crippen molar-refractivity contribution in [2.75, 3.05) is 13.1 Å². The van der Waals surface area contributed by atoms with Gasteiger partial charge in [-0.2, -0.15) is 0 Å². The Labute approximate surface area is 178 Å². The Kier molecular flexibility index (Phi) is 5.03. The number of aliphatic hydroxyl groups is 1. The highest BCUT2D eigenvalue weighted by atomic mass is 16.5. The number of hydrogen-bond donors (Lipinski definition) is 1. The molecule has 5 rings (SSSR count). The fourth-order valence-corrected chi connectivity index (χ4v) is 5.37. The van der Waals surface area contributed by atoms with Crippen LogP contribution in [0.3, 0.4) is 0 Å². The molecule has 4 atom stereocenters. The van der Waals surface area contributed by atoms with Gasteiger partial charge in [-0.05, 0) is 73.7 Å². The highest BCUT2D eigenvalue weighted by molar-refractivity contribution is 5.80. The number of rotatable bonds is 4. The van der Waals surface area contributed by atoms with Gasteiger partial charge in [0.1, 0.15) is 11.9 Å². The van der Waals surface area contributed by atoms with Crippen LogP contribution in [0.15, 0.2) is 42.6 Å². The Morgan fingerprint density at radius 1 is 1.07 bits per heavy atom. The van der Waals surface area contributed by atoms with Gasteiger partial charge in [0.25, 0.3) is 0 Å². The normalized spacial score (nSPS) is 26.8. The third kappa shape index (κ3) is 3.72. The van der Waals surface area contributed by atoms with Crippen molar-refractivity contribution < 1.29 is 9.84 Å². The van der Waals surface area contributed by atoms with Gasteiger partial charge in [-0.3, -0.25) is 9.88 Å². The van der Waals surface area contributed by atoms with E-state index in [2.05, 4.69) is 52.0 Å². The lowest BCUT2D eigenvalue weighted by Crippen LogP contribution is -2.42. The first-order valence-corrected chi connectivity index (χ1v) is 11.0. The molecule has 3 heterocycles. The second-order valence-corrected chi connectivity index (χ2v) is 9.27. The number of pyridine rings is 1. The Hall–Kier alpha value is -2.37. The van der Waals surface area contributed by atoms with E-state index < -0.39 is 6.10 Å². The summed E-state index contributed by atoms with van der Waals surface area (Å²) >= 11 is 0. The minimum absolute atomic E-state index is 0.144. The molecule has 1 aromatic carbocycles. The number of fused-ring (bicyclic) bond motifs is 2. The molecule has 1 N–H and O–H groups in total. The molecule has 2 aromatic heterocycles. The van der Waals surface area contributed by atoms with Crippen LogP contribution in [0.1, 0.15) is 29.8 Å². The van der Waals surface area contributed by atoms with Gasteiger partial charge in [-0.15, -0.1) is 0 Å². The zero-order valence-corrected chi connectivity index (χ0v) is 18.1. The number of nitrogens with zero attached hydrogens (tertiary/aromatic N) is 3. The van der Waals surface area contributed by atoms with Gasteiger partial charge in [0.2, 0.25) is 0 Å². The summed E-state index contributed by atoms with van der Waals surface area (Å²) < 4.78 is 8.42. The molecule has 1 aliphatic carbocycles. The van der Waals surface area contributed by atoms with Crippen molar-refractivity contribution in [1.82, 2.24) is 14.5 Å². The monoisotopic (exact) mass is 405 g/mol. The molecular formula is C25H31N3O2. The summed E-state index contributed by atoms with van der Waals surface area (Å²) in [5.74, 6) is 1.93. The van der Waals surface area contributed by atoms with Crippen LogP contribution in [0.25, 0.3) is 10.9 Å². The smallest absolute Gasteiger partial charge is 0.141 e. The third-order valence-electron chi connectivity index (χ3n) is 6.97. The molecule has 1 saturated carbocycles. The lowest BCUT2D eigenvalue weighted by atomic mass is 9.78. The van der Waals surface area contributed by atoms with Crippen LogP contribution < -0.4 is 4.74 Å². The average Bonchev–Trinajstić information content (AvgIpc) is 3.27. The molecule has 5 nitrogen and oxygen atoms in total. The highest BCUT2D eigenvalue weighted by Gasteiger charge is 2.42. The third-order valence-corrected chi connectivity index (χ3v) is 6.97. The molecule has 2 aliphatic rings. The second-order valence-electron chi connectivity index (χ2n) is 9.27. The molecule has 158 valence electrons. The van der Waals surface area contributed by atoms with E-state index in [0.717, 1.165) is 49.6 Å². The SMILES string of the molecule is Cc1ccc(O[C@@H]2C[C@@H]3CN(Cc4ccc5ccn(C)c5c4)C[C@@H]3C[C@H]2O)c(C)n1. The van der Waals surface area contributed by atoms with E-state index in [1.165, 1.54) is 16.5 Å². The van der Waals surface area contributed by atoms with Crippen molar-refractivity contribution in [1.29, 1.82) is 0 Å². The van der Waals surface area contributed by atoms with Crippen molar-refractivity contribution in [3.63, 3.8) is 0 Å². The largest absolute Gasteiger partial charge is 0.486 e. The zero-order valence-electron chi connectivity index (χ0n) is 18.1. The first-order valence-electron chi connectivity index (χ1n) is 11.0. The summed E-state index contributed by atoms with van der Waals surface area (Å²) in [6.07, 6.45) is 3.29. The van der Waals surface area contributed by atoms with Crippen LogP contribution in [0.5, 0.6) is 5.75 Å². The predicted octanol–water partition coefficient (Wildman–Crippen LogP) is 3.84. The van der Waals surface area contributed by atoms with Crippen molar-refractivity contribution in [3.8, 4) is 5.75 Å².